The first-order chi connectivity index (χ1) is 10.5. The molecule has 0 fully saturated rings. The van der Waals surface area contributed by atoms with E-state index in [0.29, 0.717) is 12.1 Å². The highest BCUT2D eigenvalue weighted by Crippen LogP contribution is 2.28. The minimum Gasteiger partial charge on any atom is -0.381 e. The maximum atomic E-state index is 12.3. The van der Waals surface area contributed by atoms with Crippen molar-refractivity contribution < 1.29 is 9.59 Å². The van der Waals surface area contributed by atoms with Gasteiger partial charge in [-0.25, -0.2) is 4.90 Å². The van der Waals surface area contributed by atoms with E-state index in [1.165, 1.54) is 17.6 Å². The lowest BCUT2D eigenvalue weighted by atomic mass is 10.1. The Bertz CT molecular complexity index is 734. The summed E-state index contributed by atoms with van der Waals surface area (Å²) in [7, 11) is 3.70. The first kappa shape index (κ1) is 16.2. The molecule has 0 radical (unpaired) electrons. The molecule has 1 heterocycles. The van der Waals surface area contributed by atoms with E-state index < -0.39 is 0 Å². The number of allylic oxidation sites excluding steroid dienone is 1. The van der Waals surface area contributed by atoms with Crippen molar-refractivity contribution in [1.29, 1.82) is 0 Å². The summed E-state index contributed by atoms with van der Waals surface area (Å²) in [4.78, 5) is 26.6. The Morgan fingerprint density at radius 2 is 2.09 bits per heavy atom. The summed E-state index contributed by atoms with van der Waals surface area (Å²) in [5.74, 6) is -0.359. The van der Waals surface area contributed by atoms with E-state index in [1.54, 1.807) is 6.07 Å². The molecule has 0 unspecified atom stereocenters. The van der Waals surface area contributed by atoms with Gasteiger partial charge in [-0.3, -0.25) is 9.59 Å². The molecule has 2 amide bonds. The van der Waals surface area contributed by atoms with Gasteiger partial charge in [-0.1, -0.05) is 6.92 Å². The highest BCUT2D eigenvalue weighted by molar-refractivity contribution is 7.13. The lowest BCUT2D eigenvalue weighted by Crippen LogP contribution is -2.28. The molecule has 1 aromatic heterocycles. The van der Waals surface area contributed by atoms with Gasteiger partial charge in [0.15, 0.2) is 0 Å². The molecule has 1 aromatic carbocycles. The van der Waals surface area contributed by atoms with E-state index in [4.69, 9.17) is 0 Å². The Kier molecular flexibility index (Phi) is 4.92. The Morgan fingerprint density at radius 1 is 1.36 bits per heavy atom. The fourth-order valence-electron chi connectivity index (χ4n) is 2.00. The third-order valence-electron chi connectivity index (χ3n) is 3.52. The molecule has 0 aliphatic carbocycles. The third-order valence-corrected chi connectivity index (χ3v) is 4.39. The summed E-state index contributed by atoms with van der Waals surface area (Å²) in [5, 5.41) is 0.998. The standard InChI is InChI=1S/C16H19N3O2S/c1-5-14-13-9-12(6-7-15(13)22-17-14)19(10-20)16(21)8-11(2)18(3)4/h6-10H,5H2,1-4H3/b11-8-. The third kappa shape index (κ3) is 3.17. The van der Waals surface area contributed by atoms with Crippen LogP contribution in [0.1, 0.15) is 19.5 Å². The zero-order valence-electron chi connectivity index (χ0n) is 13.2. The van der Waals surface area contributed by atoms with Crippen LogP contribution in [0.25, 0.3) is 10.1 Å². The van der Waals surface area contributed by atoms with Crippen LogP contribution in [-0.2, 0) is 16.0 Å². The Hall–Kier alpha value is -2.21. The van der Waals surface area contributed by atoms with Gasteiger partial charge < -0.3 is 4.90 Å². The average Bonchev–Trinajstić information content (AvgIpc) is 2.90. The SMILES string of the molecule is CCc1nsc2ccc(N(C=O)C(=O)/C=C(/C)N(C)C)cc12. The van der Waals surface area contributed by atoms with Gasteiger partial charge in [-0.2, -0.15) is 4.37 Å². The van der Waals surface area contributed by atoms with Crippen molar-refractivity contribution in [2.24, 2.45) is 0 Å². The summed E-state index contributed by atoms with van der Waals surface area (Å²) < 4.78 is 5.44. The van der Waals surface area contributed by atoms with Gasteiger partial charge in [-0.15, -0.1) is 0 Å². The van der Waals surface area contributed by atoms with Crippen LogP contribution in [0.2, 0.25) is 0 Å². The van der Waals surface area contributed by atoms with Gasteiger partial charge in [0.25, 0.3) is 5.91 Å². The normalized spacial score (nSPS) is 11.5. The van der Waals surface area contributed by atoms with E-state index in [9.17, 15) is 9.59 Å². The van der Waals surface area contributed by atoms with Crippen LogP contribution in [0.4, 0.5) is 5.69 Å². The fourth-order valence-corrected chi connectivity index (χ4v) is 2.84. The largest absolute Gasteiger partial charge is 0.381 e. The number of aromatic nitrogens is 1. The highest BCUT2D eigenvalue weighted by atomic mass is 32.1. The van der Waals surface area contributed by atoms with Crippen LogP contribution in [0, 0.1) is 0 Å². The van der Waals surface area contributed by atoms with Crippen molar-refractivity contribution in [2.75, 3.05) is 19.0 Å². The molecule has 0 saturated carbocycles. The van der Waals surface area contributed by atoms with Gasteiger partial charge in [-0.05, 0) is 43.1 Å². The van der Waals surface area contributed by atoms with Crippen LogP contribution >= 0.6 is 11.5 Å². The Morgan fingerprint density at radius 3 is 2.68 bits per heavy atom. The van der Waals surface area contributed by atoms with E-state index in [1.807, 2.05) is 45.0 Å². The smallest absolute Gasteiger partial charge is 0.259 e. The first-order valence-electron chi connectivity index (χ1n) is 7.00. The van der Waals surface area contributed by atoms with Crippen molar-refractivity contribution in [3.05, 3.63) is 35.7 Å². The second-order valence-electron chi connectivity index (χ2n) is 5.16. The van der Waals surface area contributed by atoms with Gasteiger partial charge >= 0.3 is 0 Å². The zero-order chi connectivity index (χ0) is 16.3. The molecule has 0 spiro atoms. The maximum Gasteiger partial charge on any atom is 0.259 e. The number of rotatable bonds is 5. The van der Waals surface area contributed by atoms with Crippen molar-refractivity contribution in [1.82, 2.24) is 9.27 Å². The highest BCUT2D eigenvalue weighted by Gasteiger charge is 2.15. The van der Waals surface area contributed by atoms with Crippen molar-refractivity contribution >= 4 is 39.6 Å². The minimum atomic E-state index is -0.359. The molecule has 5 nitrogen and oxygen atoms in total. The topological polar surface area (TPSA) is 53.5 Å². The Balaban J connectivity index is 2.41. The van der Waals surface area contributed by atoms with Crippen LogP contribution in [0.5, 0.6) is 0 Å². The van der Waals surface area contributed by atoms with E-state index >= 15 is 0 Å². The van der Waals surface area contributed by atoms with E-state index in [-0.39, 0.29) is 5.91 Å². The molecule has 116 valence electrons. The number of amides is 2. The number of imide groups is 1. The molecule has 0 bridgehead atoms. The summed E-state index contributed by atoms with van der Waals surface area (Å²) in [6.45, 7) is 3.86. The quantitative estimate of drug-likeness (QED) is 0.628. The molecular formula is C16H19N3O2S. The van der Waals surface area contributed by atoms with Crippen LogP contribution < -0.4 is 4.90 Å². The molecule has 0 aliphatic heterocycles. The Labute approximate surface area is 134 Å². The number of hydrogen-bond donors (Lipinski definition) is 0. The molecule has 0 saturated heterocycles. The van der Waals surface area contributed by atoms with Crippen LogP contribution in [0.15, 0.2) is 30.0 Å². The van der Waals surface area contributed by atoms with Crippen LogP contribution in [-0.4, -0.2) is 35.7 Å². The number of aryl methyl sites for hydroxylation is 1. The summed E-state index contributed by atoms with van der Waals surface area (Å²) in [6, 6.07) is 5.52. The second-order valence-corrected chi connectivity index (χ2v) is 5.96. The molecule has 2 aromatic rings. The molecule has 6 heteroatoms. The van der Waals surface area contributed by atoms with E-state index in [0.717, 1.165) is 32.8 Å². The summed E-state index contributed by atoms with van der Waals surface area (Å²) in [6.07, 6.45) is 2.82. The van der Waals surface area contributed by atoms with Crippen molar-refractivity contribution in [3.63, 3.8) is 0 Å². The number of hydrogen-bond acceptors (Lipinski definition) is 5. The molecule has 0 atom stereocenters. The lowest BCUT2D eigenvalue weighted by Gasteiger charge is -2.17. The number of benzene rings is 1. The lowest BCUT2D eigenvalue weighted by molar-refractivity contribution is -0.118. The van der Waals surface area contributed by atoms with Gasteiger partial charge in [0.1, 0.15) is 0 Å². The average molecular weight is 317 g/mol. The molecular weight excluding hydrogens is 298 g/mol. The van der Waals surface area contributed by atoms with E-state index in [2.05, 4.69) is 4.37 Å². The van der Waals surface area contributed by atoms with Crippen LogP contribution in [0.3, 0.4) is 0 Å². The van der Waals surface area contributed by atoms with Crippen molar-refractivity contribution in [2.45, 2.75) is 20.3 Å². The fraction of sp³-hybridized carbons (Fsp3) is 0.312. The number of carbonyl (C=O) groups excluding carboxylic acids is 2. The van der Waals surface area contributed by atoms with Gasteiger partial charge in [0.2, 0.25) is 6.41 Å². The molecule has 0 aliphatic rings. The number of fused-ring (bicyclic) bond motifs is 1. The predicted molar refractivity (Wildman–Crippen MR) is 90.0 cm³/mol. The zero-order valence-corrected chi connectivity index (χ0v) is 14.0. The number of carbonyl (C=O) groups is 2. The summed E-state index contributed by atoms with van der Waals surface area (Å²) in [5.41, 5.74) is 2.33. The van der Waals surface area contributed by atoms with Gasteiger partial charge in [0, 0.05) is 31.3 Å². The number of nitrogens with zero attached hydrogens (tertiary/aromatic N) is 3. The second kappa shape index (κ2) is 6.70. The monoisotopic (exact) mass is 317 g/mol. The maximum absolute atomic E-state index is 12.3. The molecule has 0 N–H and O–H groups in total. The van der Waals surface area contributed by atoms with Crippen molar-refractivity contribution in [3.8, 4) is 0 Å². The molecule has 2 rings (SSSR count). The van der Waals surface area contributed by atoms with Gasteiger partial charge in [0.05, 0.1) is 16.1 Å². The number of anilines is 1. The minimum absolute atomic E-state index is 0.359. The first-order valence-corrected chi connectivity index (χ1v) is 7.77. The molecule has 22 heavy (non-hydrogen) atoms. The predicted octanol–water partition coefficient (Wildman–Crippen LogP) is 2.81. The summed E-state index contributed by atoms with van der Waals surface area (Å²) >= 11 is 1.43.